The van der Waals surface area contributed by atoms with Gasteiger partial charge in [-0.1, -0.05) is 55.5 Å². The van der Waals surface area contributed by atoms with Crippen molar-refractivity contribution in [1.29, 1.82) is 0 Å². The van der Waals surface area contributed by atoms with Crippen LogP contribution in [0.5, 0.6) is 0 Å². The summed E-state index contributed by atoms with van der Waals surface area (Å²) in [6.07, 6.45) is 1.09. The molecule has 0 aliphatic carbocycles. The number of likely N-dealkylation sites (tertiary alicyclic amines) is 1. The Bertz CT molecular complexity index is 767. The summed E-state index contributed by atoms with van der Waals surface area (Å²) in [4.78, 5) is 18.8. The zero-order chi connectivity index (χ0) is 19.1. The van der Waals surface area contributed by atoms with Gasteiger partial charge in [0.2, 0.25) is 5.91 Å². The standard InChI is InChI=1S/C22H28N4O.HI/c1-17-16-26(14-13-20(17)18-9-5-3-6-10-18)22(23-2)24-15-21(27)25-19-11-7-4-8-12-19;/h3-12,17,20H,13-16H2,1-2H3,(H,23,24)(H,25,27);1H. The lowest BCUT2D eigenvalue weighted by atomic mass is 9.82. The van der Waals surface area contributed by atoms with E-state index in [1.54, 1.807) is 7.05 Å². The number of nitrogens with zero attached hydrogens (tertiary/aromatic N) is 2. The van der Waals surface area contributed by atoms with Crippen molar-refractivity contribution in [2.75, 3.05) is 32.0 Å². The van der Waals surface area contributed by atoms with Crippen molar-refractivity contribution in [3.63, 3.8) is 0 Å². The van der Waals surface area contributed by atoms with Crippen LogP contribution in [-0.4, -0.2) is 43.4 Å². The number of guanidine groups is 1. The van der Waals surface area contributed by atoms with Crippen LogP contribution in [0.1, 0.15) is 24.8 Å². The van der Waals surface area contributed by atoms with Gasteiger partial charge in [0, 0.05) is 25.8 Å². The van der Waals surface area contributed by atoms with E-state index in [0.717, 1.165) is 31.2 Å². The number of carbonyl (C=O) groups excluding carboxylic acids is 1. The molecule has 6 heteroatoms. The van der Waals surface area contributed by atoms with Crippen molar-refractivity contribution in [2.24, 2.45) is 10.9 Å². The van der Waals surface area contributed by atoms with Crippen molar-refractivity contribution in [3.05, 3.63) is 66.2 Å². The third kappa shape index (κ3) is 5.95. The predicted octanol–water partition coefficient (Wildman–Crippen LogP) is 3.94. The molecule has 2 aromatic carbocycles. The Balaban J connectivity index is 0.00000280. The minimum absolute atomic E-state index is 0. The highest BCUT2D eigenvalue weighted by Gasteiger charge is 2.28. The van der Waals surface area contributed by atoms with Crippen LogP contribution in [0, 0.1) is 5.92 Å². The van der Waals surface area contributed by atoms with Crippen molar-refractivity contribution < 1.29 is 4.79 Å². The van der Waals surface area contributed by atoms with Crippen LogP contribution < -0.4 is 10.6 Å². The Kier molecular flexibility index (Phi) is 8.76. The fourth-order valence-electron chi connectivity index (χ4n) is 3.75. The van der Waals surface area contributed by atoms with Gasteiger partial charge in [0.1, 0.15) is 0 Å². The highest BCUT2D eigenvalue weighted by atomic mass is 127. The van der Waals surface area contributed by atoms with Gasteiger partial charge in [0.15, 0.2) is 5.96 Å². The van der Waals surface area contributed by atoms with Crippen LogP contribution in [0.2, 0.25) is 0 Å². The molecular formula is C22H29IN4O. The molecule has 0 saturated carbocycles. The molecule has 1 aliphatic heterocycles. The number of nitrogens with one attached hydrogen (secondary N) is 2. The number of halogens is 1. The molecule has 2 unspecified atom stereocenters. The monoisotopic (exact) mass is 492 g/mol. The van der Waals surface area contributed by atoms with Gasteiger partial charge in [-0.15, -0.1) is 24.0 Å². The highest BCUT2D eigenvalue weighted by molar-refractivity contribution is 14.0. The zero-order valence-electron chi connectivity index (χ0n) is 16.5. The summed E-state index contributed by atoms with van der Waals surface area (Å²) in [7, 11) is 1.77. The largest absolute Gasteiger partial charge is 0.347 e. The topological polar surface area (TPSA) is 56.7 Å². The minimum atomic E-state index is -0.0745. The molecule has 28 heavy (non-hydrogen) atoms. The third-order valence-electron chi connectivity index (χ3n) is 5.11. The second-order valence-corrected chi connectivity index (χ2v) is 7.04. The van der Waals surface area contributed by atoms with Crippen molar-refractivity contribution in [3.8, 4) is 0 Å². The lowest BCUT2D eigenvalue weighted by molar-refractivity contribution is -0.115. The normalized spacial score (nSPS) is 19.5. The lowest BCUT2D eigenvalue weighted by Gasteiger charge is -2.38. The molecule has 1 amide bonds. The smallest absolute Gasteiger partial charge is 0.243 e. The number of piperidine rings is 1. The van der Waals surface area contributed by atoms with E-state index in [1.165, 1.54) is 5.56 Å². The van der Waals surface area contributed by atoms with Crippen LogP contribution in [0.4, 0.5) is 5.69 Å². The number of anilines is 1. The summed E-state index contributed by atoms with van der Waals surface area (Å²) in [6, 6.07) is 20.2. The fourth-order valence-corrected chi connectivity index (χ4v) is 3.75. The van der Waals surface area contributed by atoms with E-state index in [2.05, 4.69) is 57.8 Å². The predicted molar refractivity (Wildman–Crippen MR) is 126 cm³/mol. The first-order valence-corrected chi connectivity index (χ1v) is 9.53. The number of hydrogen-bond acceptors (Lipinski definition) is 2. The molecule has 1 aliphatic rings. The van der Waals surface area contributed by atoms with Crippen LogP contribution >= 0.6 is 24.0 Å². The highest BCUT2D eigenvalue weighted by Crippen LogP contribution is 2.32. The van der Waals surface area contributed by atoms with Gasteiger partial charge in [-0.3, -0.25) is 9.79 Å². The molecule has 2 aromatic rings. The first kappa shape index (κ1) is 22.2. The molecule has 0 aromatic heterocycles. The Labute approximate surface area is 184 Å². The number of carbonyl (C=O) groups is 1. The SMILES string of the molecule is CN=C(NCC(=O)Nc1ccccc1)N1CCC(c2ccccc2)C(C)C1.I. The van der Waals surface area contributed by atoms with E-state index in [-0.39, 0.29) is 36.4 Å². The van der Waals surface area contributed by atoms with Gasteiger partial charge in [0.05, 0.1) is 6.54 Å². The van der Waals surface area contributed by atoms with Crippen molar-refractivity contribution in [2.45, 2.75) is 19.3 Å². The molecule has 5 nitrogen and oxygen atoms in total. The van der Waals surface area contributed by atoms with E-state index in [9.17, 15) is 4.79 Å². The van der Waals surface area contributed by atoms with Crippen molar-refractivity contribution >= 4 is 41.5 Å². The summed E-state index contributed by atoms with van der Waals surface area (Å²) in [5, 5.41) is 6.08. The summed E-state index contributed by atoms with van der Waals surface area (Å²) in [6.45, 7) is 4.36. The van der Waals surface area contributed by atoms with Crippen LogP contribution in [0.15, 0.2) is 65.7 Å². The van der Waals surface area contributed by atoms with E-state index in [4.69, 9.17) is 0 Å². The number of aliphatic imine (C=N–C) groups is 1. The molecule has 0 spiro atoms. The summed E-state index contributed by atoms with van der Waals surface area (Å²) in [5.74, 6) is 1.81. The quantitative estimate of drug-likeness (QED) is 0.386. The number of hydrogen-bond donors (Lipinski definition) is 2. The van der Waals surface area contributed by atoms with E-state index in [0.29, 0.717) is 11.8 Å². The minimum Gasteiger partial charge on any atom is -0.347 e. The zero-order valence-corrected chi connectivity index (χ0v) is 18.8. The van der Waals surface area contributed by atoms with Gasteiger partial charge in [-0.05, 0) is 36.0 Å². The first-order chi connectivity index (χ1) is 13.2. The molecule has 1 saturated heterocycles. The molecule has 1 fully saturated rings. The maximum absolute atomic E-state index is 12.2. The van der Waals surface area contributed by atoms with Gasteiger partial charge in [-0.2, -0.15) is 0 Å². The van der Waals surface area contributed by atoms with Gasteiger partial charge >= 0.3 is 0 Å². The van der Waals surface area contributed by atoms with Gasteiger partial charge in [-0.25, -0.2) is 0 Å². The summed E-state index contributed by atoms with van der Waals surface area (Å²) < 4.78 is 0. The lowest BCUT2D eigenvalue weighted by Crippen LogP contribution is -2.49. The third-order valence-corrected chi connectivity index (χ3v) is 5.11. The van der Waals surface area contributed by atoms with Crippen molar-refractivity contribution in [1.82, 2.24) is 10.2 Å². The van der Waals surface area contributed by atoms with E-state index < -0.39 is 0 Å². The maximum atomic E-state index is 12.2. The Morgan fingerprint density at radius 1 is 1.11 bits per heavy atom. The molecular weight excluding hydrogens is 463 g/mol. The number of rotatable bonds is 4. The first-order valence-electron chi connectivity index (χ1n) is 9.53. The number of para-hydroxylation sites is 1. The number of benzene rings is 2. The average Bonchev–Trinajstić information content (AvgIpc) is 2.70. The van der Waals surface area contributed by atoms with Crippen LogP contribution in [0.25, 0.3) is 0 Å². The maximum Gasteiger partial charge on any atom is 0.243 e. The Hall–Kier alpha value is -2.09. The second kappa shape index (κ2) is 11.0. The van der Waals surface area contributed by atoms with E-state index in [1.807, 2.05) is 30.3 Å². The van der Waals surface area contributed by atoms with E-state index >= 15 is 0 Å². The average molecular weight is 492 g/mol. The molecule has 2 N–H and O–H groups in total. The number of amides is 1. The summed E-state index contributed by atoms with van der Waals surface area (Å²) >= 11 is 0. The Morgan fingerprint density at radius 2 is 1.75 bits per heavy atom. The molecule has 3 rings (SSSR count). The fraction of sp³-hybridized carbons (Fsp3) is 0.364. The second-order valence-electron chi connectivity index (χ2n) is 7.04. The van der Waals surface area contributed by atoms with Crippen LogP contribution in [0.3, 0.4) is 0 Å². The van der Waals surface area contributed by atoms with Gasteiger partial charge < -0.3 is 15.5 Å². The van der Waals surface area contributed by atoms with Crippen LogP contribution in [-0.2, 0) is 4.79 Å². The Morgan fingerprint density at radius 3 is 2.36 bits per heavy atom. The molecule has 1 heterocycles. The molecule has 2 atom stereocenters. The summed E-state index contributed by atoms with van der Waals surface area (Å²) in [5.41, 5.74) is 2.21. The van der Waals surface area contributed by atoms with Gasteiger partial charge in [0.25, 0.3) is 0 Å². The molecule has 150 valence electrons. The molecule has 0 radical (unpaired) electrons. The molecule has 0 bridgehead atoms.